The summed E-state index contributed by atoms with van der Waals surface area (Å²) in [7, 11) is 0. The van der Waals surface area contributed by atoms with Crippen LogP contribution in [0.25, 0.3) is 33.1 Å². The summed E-state index contributed by atoms with van der Waals surface area (Å²) in [6, 6.07) is 11.3. The van der Waals surface area contributed by atoms with E-state index in [4.69, 9.17) is 31.3 Å². The normalized spacial score (nSPS) is 19.5. The first-order chi connectivity index (χ1) is 21.9. The molecule has 0 spiro atoms. The van der Waals surface area contributed by atoms with E-state index in [0.29, 0.717) is 40.7 Å². The predicted octanol–water partition coefficient (Wildman–Crippen LogP) is 5.31. The van der Waals surface area contributed by atoms with Crippen LogP contribution in [0.1, 0.15) is 32.1 Å². The summed E-state index contributed by atoms with van der Waals surface area (Å²) in [6.07, 6.45) is 8.01. The highest BCUT2D eigenvalue weighted by atomic mass is 35.5. The maximum atomic E-state index is 13.8. The third-order valence-electron chi connectivity index (χ3n) is 9.41. The summed E-state index contributed by atoms with van der Waals surface area (Å²) in [5.74, 6) is -1.25. The van der Waals surface area contributed by atoms with Crippen LogP contribution in [0.4, 0.5) is 10.2 Å². The molecule has 0 radical (unpaired) electrons. The fourth-order valence-corrected chi connectivity index (χ4v) is 7.51. The minimum Gasteiger partial charge on any atom is -0.461 e. The molecule has 230 valence electrons. The van der Waals surface area contributed by atoms with Gasteiger partial charge in [-0.05, 0) is 57.0 Å². The van der Waals surface area contributed by atoms with E-state index in [1.807, 2.05) is 35.2 Å². The van der Waals surface area contributed by atoms with Gasteiger partial charge in [0.05, 0.1) is 35.2 Å². The van der Waals surface area contributed by atoms with Crippen LogP contribution in [0.3, 0.4) is 0 Å². The number of carbonyl (C=O) groups is 1. The summed E-state index contributed by atoms with van der Waals surface area (Å²) in [6.45, 7) is 6.67. The van der Waals surface area contributed by atoms with Crippen molar-refractivity contribution in [3.05, 3.63) is 60.2 Å². The number of aromatic nitrogens is 4. The Kier molecular flexibility index (Phi) is 7.71. The number of hydrogen-bond donors (Lipinski definition) is 0. The molecule has 3 aliphatic heterocycles. The number of halogens is 2. The van der Waals surface area contributed by atoms with Crippen LogP contribution < -0.4 is 9.64 Å². The number of pyridine rings is 2. The van der Waals surface area contributed by atoms with Gasteiger partial charge >= 0.3 is 6.01 Å². The number of piperazine rings is 1. The third kappa shape index (κ3) is 5.32. The fraction of sp³-hybridized carbons (Fsp3) is 0.394. The number of amides is 1. The molecular formula is C33H32ClFN8O2. The van der Waals surface area contributed by atoms with Crippen LogP contribution in [0, 0.1) is 11.3 Å². The molecule has 0 saturated carbocycles. The average Bonchev–Trinajstić information content (AvgIpc) is 3.63. The highest BCUT2D eigenvalue weighted by Gasteiger charge is 2.45. The topological polar surface area (TPSA) is 111 Å². The molecule has 3 fully saturated rings. The second kappa shape index (κ2) is 11.8. The van der Waals surface area contributed by atoms with Gasteiger partial charge in [0.1, 0.15) is 12.4 Å². The first-order valence-electron chi connectivity index (χ1n) is 15.2. The van der Waals surface area contributed by atoms with E-state index in [0.717, 1.165) is 55.1 Å². The minimum absolute atomic E-state index is 0.00221. The summed E-state index contributed by atoms with van der Waals surface area (Å²) >= 11 is 6.63. The molecule has 7 rings (SSSR count). The SMILES string of the molecule is C=C(F)C(=O)N1CCN(c2nc(OCC34CCCN3CCC4)nc3nc(-c4cncc5cccc(Cl)c45)ccc23)C[C@@H]1CC#N. The summed E-state index contributed by atoms with van der Waals surface area (Å²) < 4.78 is 20.2. The largest absolute Gasteiger partial charge is 0.461 e. The van der Waals surface area contributed by atoms with Gasteiger partial charge < -0.3 is 14.5 Å². The lowest BCUT2D eigenvalue weighted by molar-refractivity contribution is -0.131. The van der Waals surface area contributed by atoms with Gasteiger partial charge in [0.2, 0.25) is 0 Å². The second-order valence-electron chi connectivity index (χ2n) is 12.0. The van der Waals surface area contributed by atoms with Crippen LogP contribution in [0.2, 0.25) is 5.02 Å². The quantitative estimate of drug-likeness (QED) is 0.252. The number of rotatable bonds is 7. The molecule has 0 N–H and O–H groups in total. The molecule has 12 heteroatoms. The number of carbonyl (C=O) groups excluding carboxylic acids is 1. The molecule has 1 aromatic carbocycles. The van der Waals surface area contributed by atoms with Gasteiger partial charge in [-0.1, -0.05) is 30.3 Å². The van der Waals surface area contributed by atoms with Crippen molar-refractivity contribution >= 4 is 45.1 Å². The van der Waals surface area contributed by atoms with Crippen molar-refractivity contribution in [1.82, 2.24) is 29.7 Å². The molecule has 0 aliphatic carbocycles. The van der Waals surface area contributed by atoms with E-state index in [1.165, 1.54) is 4.90 Å². The summed E-state index contributed by atoms with van der Waals surface area (Å²) in [5, 5.41) is 12.6. The Morgan fingerprint density at radius 1 is 1.11 bits per heavy atom. The Labute approximate surface area is 265 Å². The molecule has 6 heterocycles. The Bertz CT molecular complexity index is 1850. The van der Waals surface area contributed by atoms with Crippen molar-refractivity contribution < 1.29 is 13.9 Å². The first-order valence-corrected chi connectivity index (χ1v) is 15.6. The molecule has 4 aromatic rings. The Morgan fingerprint density at radius 3 is 2.71 bits per heavy atom. The highest BCUT2D eigenvalue weighted by Crippen LogP contribution is 2.40. The van der Waals surface area contributed by atoms with Crippen molar-refractivity contribution in [3.8, 4) is 23.3 Å². The van der Waals surface area contributed by atoms with Crippen molar-refractivity contribution in [2.24, 2.45) is 0 Å². The van der Waals surface area contributed by atoms with E-state index in [9.17, 15) is 14.4 Å². The number of nitrogens with zero attached hydrogens (tertiary/aromatic N) is 8. The maximum absolute atomic E-state index is 13.8. The first kappa shape index (κ1) is 29.3. The van der Waals surface area contributed by atoms with Crippen LogP contribution >= 0.6 is 11.6 Å². The van der Waals surface area contributed by atoms with Crippen LogP contribution in [-0.4, -0.2) is 86.6 Å². The highest BCUT2D eigenvalue weighted by molar-refractivity contribution is 6.36. The molecule has 0 bridgehead atoms. The molecule has 45 heavy (non-hydrogen) atoms. The standard InChI is InChI=1S/C33H32ClFN8O2/c1-21(35)31(44)43-16-15-41(19-23(43)9-12-36)30-24-7-8-27(25-18-37-17-22-5-2-6-26(34)28(22)25)38-29(24)39-32(40-30)45-20-33-10-3-13-42(33)14-4-11-33/h2,5-8,17-18,23H,1,3-4,9-11,13-16,19-20H2/t23-/m0/s1. The number of nitriles is 1. The molecule has 1 amide bonds. The molecule has 3 saturated heterocycles. The van der Waals surface area contributed by atoms with Gasteiger partial charge in [0.25, 0.3) is 5.91 Å². The molecule has 3 aromatic heterocycles. The zero-order valence-corrected chi connectivity index (χ0v) is 25.5. The minimum atomic E-state index is -1.04. The van der Waals surface area contributed by atoms with Crippen LogP contribution in [0.5, 0.6) is 6.01 Å². The van der Waals surface area contributed by atoms with Gasteiger partial charge in [-0.2, -0.15) is 15.2 Å². The van der Waals surface area contributed by atoms with E-state index >= 15 is 0 Å². The average molecular weight is 627 g/mol. The van der Waals surface area contributed by atoms with Gasteiger partial charge in [0, 0.05) is 53.4 Å². The van der Waals surface area contributed by atoms with Crippen molar-refractivity contribution in [2.45, 2.75) is 43.7 Å². The van der Waals surface area contributed by atoms with Gasteiger partial charge in [-0.15, -0.1) is 0 Å². The lowest BCUT2D eigenvalue weighted by Gasteiger charge is -2.41. The molecule has 0 unspecified atom stereocenters. The molecule has 10 nitrogen and oxygen atoms in total. The predicted molar refractivity (Wildman–Crippen MR) is 170 cm³/mol. The maximum Gasteiger partial charge on any atom is 0.320 e. The van der Waals surface area contributed by atoms with E-state index in [1.54, 1.807) is 12.4 Å². The Hall–Kier alpha value is -4.40. The fourth-order valence-electron chi connectivity index (χ4n) is 7.22. The van der Waals surface area contributed by atoms with Crippen molar-refractivity contribution in [1.29, 1.82) is 5.26 Å². The summed E-state index contributed by atoms with van der Waals surface area (Å²) in [5.41, 5.74) is 1.87. The van der Waals surface area contributed by atoms with Crippen LogP contribution in [-0.2, 0) is 4.79 Å². The molecular weight excluding hydrogens is 595 g/mol. The zero-order valence-electron chi connectivity index (χ0n) is 24.8. The lowest BCUT2D eigenvalue weighted by atomic mass is 9.95. The molecule has 3 aliphatic rings. The van der Waals surface area contributed by atoms with Gasteiger partial charge in [-0.3, -0.25) is 14.7 Å². The van der Waals surface area contributed by atoms with E-state index < -0.39 is 17.8 Å². The smallest absolute Gasteiger partial charge is 0.320 e. The van der Waals surface area contributed by atoms with E-state index in [-0.39, 0.29) is 31.1 Å². The second-order valence-corrected chi connectivity index (χ2v) is 12.4. The number of hydrogen-bond acceptors (Lipinski definition) is 9. The third-order valence-corrected chi connectivity index (χ3v) is 9.73. The molecule has 1 atom stereocenters. The lowest BCUT2D eigenvalue weighted by Crippen LogP contribution is -2.55. The van der Waals surface area contributed by atoms with Gasteiger partial charge in [0.15, 0.2) is 11.5 Å². The number of benzene rings is 1. The van der Waals surface area contributed by atoms with Crippen LogP contribution in [0.15, 0.2) is 55.1 Å². The monoisotopic (exact) mass is 626 g/mol. The number of ether oxygens (including phenoxy) is 1. The zero-order chi connectivity index (χ0) is 31.1. The Balaban J connectivity index is 1.30. The number of fused-ring (bicyclic) bond motifs is 3. The Morgan fingerprint density at radius 2 is 1.93 bits per heavy atom. The summed E-state index contributed by atoms with van der Waals surface area (Å²) in [4.78, 5) is 37.5. The number of anilines is 1. The van der Waals surface area contributed by atoms with Crippen molar-refractivity contribution in [2.75, 3.05) is 44.2 Å². The van der Waals surface area contributed by atoms with Crippen molar-refractivity contribution in [3.63, 3.8) is 0 Å². The van der Waals surface area contributed by atoms with Gasteiger partial charge in [-0.25, -0.2) is 9.37 Å². The van der Waals surface area contributed by atoms with E-state index in [2.05, 4.69) is 22.5 Å².